The molecule has 1 fully saturated rings. The number of benzene rings is 2. The van der Waals surface area contributed by atoms with Gasteiger partial charge in [0.2, 0.25) is 0 Å². The van der Waals surface area contributed by atoms with E-state index in [4.69, 9.17) is 4.74 Å². The highest BCUT2D eigenvalue weighted by molar-refractivity contribution is 14.1. The zero-order chi connectivity index (χ0) is 14.8. The molecule has 0 bridgehead atoms. The summed E-state index contributed by atoms with van der Waals surface area (Å²) < 4.78 is 6.50. The molecule has 110 valence electrons. The van der Waals surface area contributed by atoms with E-state index in [0.29, 0.717) is 12.0 Å². The van der Waals surface area contributed by atoms with E-state index in [-0.39, 0.29) is 0 Å². The first kappa shape index (κ1) is 14.7. The molecule has 0 atom stereocenters. The molecule has 3 rings (SSSR count). The fraction of sp³-hybridized carbons (Fsp3) is 0.333. The summed E-state index contributed by atoms with van der Waals surface area (Å²) >= 11 is 2.36. The minimum Gasteiger partial charge on any atom is -0.497 e. The fourth-order valence-electron chi connectivity index (χ4n) is 2.89. The summed E-state index contributed by atoms with van der Waals surface area (Å²) in [4.78, 5) is 0. The molecule has 21 heavy (non-hydrogen) atoms. The molecule has 2 nitrogen and oxygen atoms in total. The molecule has 0 unspecified atom stereocenters. The molecule has 2 aromatic rings. The summed E-state index contributed by atoms with van der Waals surface area (Å²) in [5.74, 6) is 1.61. The molecule has 0 radical (unpaired) electrons. The zero-order valence-electron chi connectivity index (χ0n) is 12.4. The van der Waals surface area contributed by atoms with Gasteiger partial charge in [0, 0.05) is 15.3 Å². The average molecular weight is 393 g/mol. The maximum absolute atomic E-state index is 5.21. The quantitative estimate of drug-likeness (QED) is 0.741. The average Bonchev–Trinajstić information content (AvgIpc) is 2.44. The Morgan fingerprint density at radius 3 is 2.43 bits per heavy atom. The van der Waals surface area contributed by atoms with Gasteiger partial charge in [-0.3, -0.25) is 0 Å². The highest BCUT2D eigenvalue weighted by Gasteiger charge is 2.30. The lowest BCUT2D eigenvalue weighted by atomic mass is 9.75. The lowest BCUT2D eigenvalue weighted by molar-refractivity contribution is 0.373. The molecule has 1 aliphatic carbocycles. The van der Waals surface area contributed by atoms with E-state index in [1.54, 1.807) is 7.11 Å². The second-order valence-electron chi connectivity index (χ2n) is 5.74. The van der Waals surface area contributed by atoms with Gasteiger partial charge in [-0.1, -0.05) is 12.1 Å². The molecule has 0 aliphatic heterocycles. The van der Waals surface area contributed by atoms with Gasteiger partial charge in [0.1, 0.15) is 5.75 Å². The van der Waals surface area contributed by atoms with Crippen molar-refractivity contribution in [1.82, 2.24) is 0 Å². The number of ether oxygens (including phenoxy) is 1. The largest absolute Gasteiger partial charge is 0.497 e. The van der Waals surface area contributed by atoms with Crippen LogP contribution >= 0.6 is 22.6 Å². The highest BCUT2D eigenvalue weighted by Crippen LogP contribution is 2.39. The fourth-order valence-corrected chi connectivity index (χ4v) is 3.54. The molecule has 0 spiro atoms. The molecule has 0 heterocycles. The van der Waals surface area contributed by atoms with Gasteiger partial charge in [-0.05, 0) is 89.7 Å². The monoisotopic (exact) mass is 393 g/mol. The number of hydrogen-bond donors (Lipinski definition) is 1. The van der Waals surface area contributed by atoms with Crippen LogP contribution in [0.5, 0.6) is 5.75 Å². The number of methoxy groups -OCH3 is 1. The molecule has 1 N–H and O–H groups in total. The van der Waals surface area contributed by atoms with Crippen molar-refractivity contribution in [3.8, 4) is 5.75 Å². The van der Waals surface area contributed by atoms with Crippen LogP contribution in [0.4, 0.5) is 5.69 Å². The third-order valence-corrected chi connectivity index (χ3v) is 4.94. The topological polar surface area (TPSA) is 21.3 Å². The molecular weight excluding hydrogens is 373 g/mol. The van der Waals surface area contributed by atoms with Crippen LogP contribution in [-0.4, -0.2) is 13.2 Å². The molecule has 2 aromatic carbocycles. The van der Waals surface area contributed by atoms with Gasteiger partial charge in [-0.15, -0.1) is 0 Å². The van der Waals surface area contributed by atoms with Crippen molar-refractivity contribution in [2.24, 2.45) is 0 Å². The normalized spacial score (nSPS) is 20.7. The summed E-state index contributed by atoms with van der Waals surface area (Å²) in [6, 6.07) is 15.7. The Morgan fingerprint density at radius 2 is 1.81 bits per heavy atom. The van der Waals surface area contributed by atoms with Crippen molar-refractivity contribution in [2.75, 3.05) is 12.4 Å². The molecule has 1 aliphatic rings. The minimum atomic E-state index is 0.593. The lowest BCUT2D eigenvalue weighted by Crippen LogP contribution is -2.34. The standard InChI is InChI=1S/C18H20INO/c1-12-9-15(19)5-8-18(12)20-16-10-14(11-16)13-3-6-17(21-2)7-4-13/h3-9,14,16,20H,10-11H2,1-2H3. The predicted octanol–water partition coefficient (Wildman–Crippen LogP) is 4.97. The SMILES string of the molecule is COc1ccc(C2CC(Nc3ccc(I)cc3C)C2)cc1. The van der Waals surface area contributed by atoms with Crippen molar-refractivity contribution in [2.45, 2.75) is 31.7 Å². The molecular formula is C18H20INO. The molecule has 3 heteroatoms. The van der Waals surface area contributed by atoms with Gasteiger partial charge in [-0.25, -0.2) is 0 Å². The van der Waals surface area contributed by atoms with E-state index >= 15 is 0 Å². The van der Waals surface area contributed by atoms with Crippen LogP contribution in [0.25, 0.3) is 0 Å². The van der Waals surface area contributed by atoms with Crippen molar-refractivity contribution >= 4 is 28.3 Å². The highest BCUT2D eigenvalue weighted by atomic mass is 127. The number of aryl methyl sites for hydroxylation is 1. The second-order valence-corrected chi connectivity index (χ2v) is 6.99. The van der Waals surface area contributed by atoms with Crippen LogP contribution in [0, 0.1) is 10.5 Å². The number of halogens is 1. The van der Waals surface area contributed by atoms with E-state index in [0.717, 1.165) is 5.75 Å². The number of nitrogens with one attached hydrogen (secondary N) is 1. The summed E-state index contributed by atoms with van der Waals surface area (Å²) in [7, 11) is 1.71. The molecule has 0 amide bonds. The van der Waals surface area contributed by atoms with E-state index in [1.165, 1.54) is 33.2 Å². The Hall–Kier alpha value is -1.23. The van der Waals surface area contributed by atoms with Gasteiger partial charge < -0.3 is 10.1 Å². The van der Waals surface area contributed by atoms with Crippen LogP contribution in [0.2, 0.25) is 0 Å². The summed E-state index contributed by atoms with van der Waals surface area (Å²) in [5, 5.41) is 3.67. The maximum atomic E-state index is 5.21. The van der Waals surface area contributed by atoms with E-state index in [2.05, 4.69) is 77.3 Å². The Labute approximate surface area is 140 Å². The van der Waals surface area contributed by atoms with Gasteiger partial charge in [-0.2, -0.15) is 0 Å². The van der Waals surface area contributed by atoms with E-state index in [9.17, 15) is 0 Å². The smallest absolute Gasteiger partial charge is 0.118 e. The summed E-state index contributed by atoms with van der Waals surface area (Å²) in [5.41, 5.74) is 4.02. The van der Waals surface area contributed by atoms with Crippen molar-refractivity contribution in [1.29, 1.82) is 0 Å². The second kappa shape index (κ2) is 6.26. The van der Waals surface area contributed by atoms with Crippen molar-refractivity contribution in [3.05, 3.63) is 57.2 Å². The number of anilines is 1. The first-order chi connectivity index (χ1) is 10.2. The summed E-state index contributed by atoms with van der Waals surface area (Å²) in [6.07, 6.45) is 2.41. The van der Waals surface area contributed by atoms with Crippen molar-refractivity contribution in [3.63, 3.8) is 0 Å². The summed E-state index contributed by atoms with van der Waals surface area (Å²) in [6.45, 7) is 2.17. The van der Waals surface area contributed by atoms with Crippen LogP contribution in [0.3, 0.4) is 0 Å². The van der Waals surface area contributed by atoms with Crippen LogP contribution in [-0.2, 0) is 0 Å². The van der Waals surface area contributed by atoms with Crippen LogP contribution in [0.1, 0.15) is 29.9 Å². The minimum absolute atomic E-state index is 0.593. The maximum Gasteiger partial charge on any atom is 0.118 e. The Bertz CT molecular complexity index is 618. The molecule has 0 aromatic heterocycles. The van der Waals surface area contributed by atoms with Crippen molar-refractivity contribution < 1.29 is 4.74 Å². The third-order valence-electron chi connectivity index (χ3n) is 4.27. The molecule has 0 saturated heterocycles. The Kier molecular flexibility index (Phi) is 4.38. The van der Waals surface area contributed by atoms with Gasteiger partial charge in [0.25, 0.3) is 0 Å². The van der Waals surface area contributed by atoms with Crippen LogP contribution < -0.4 is 10.1 Å². The number of hydrogen-bond acceptors (Lipinski definition) is 2. The Morgan fingerprint density at radius 1 is 1.10 bits per heavy atom. The third kappa shape index (κ3) is 3.34. The molecule has 1 saturated carbocycles. The Balaban J connectivity index is 1.57. The van der Waals surface area contributed by atoms with Gasteiger partial charge in [0.05, 0.1) is 7.11 Å². The first-order valence-corrected chi connectivity index (χ1v) is 8.40. The zero-order valence-corrected chi connectivity index (χ0v) is 14.6. The lowest BCUT2D eigenvalue weighted by Gasteiger charge is -2.37. The van der Waals surface area contributed by atoms with E-state index in [1.807, 2.05) is 0 Å². The first-order valence-electron chi connectivity index (χ1n) is 7.32. The number of rotatable bonds is 4. The van der Waals surface area contributed by atoms with Gasteiger partial charge in [0.15, 0.2) is 0 Å². The van der Waals surface area contributed by atoms with Crippen LogP contribution in [0.15, 0.2) is 42.5 Å². The van der Waals surface area contributed by atoms with E-state index < -0.39 is 0 Å². The van der Waals surface area contributed by atoms with Gasteiger partial charge >= 0.3 is 0 Å². The predicted molar refractivity (Wildman–Crippen MR) is 96.3 cm³/mol.